The smallest absolute Gasteiger partial charge is 0.0751 e. The molecule has 2 N–H and O–H groups in total. The summed E-state index contributed by atoms with van der Waals surface area (Å²) in [5, 5.41) is 3.34. The van der Waals surface area contributed by atoms with E-state index in [2.05, 4.69) is 51.6 Å². The van der Waals surface area contributed by atoms with Crippen LogP contribution in [0, 0.1) is 0 Å². The molecule has 4 heteroatoms. The van der Waals surface area contributed by atoms with Crippen LogP contribution in [0.5, 0.6) is 0 Å². The zero-order valence-corrected chi connectivity index (χ0v) is 12.1. The molecule has 1 atom stereocenters. The van der Waals surface area contributed by atoms with Gasteiger partial charge in [0.1, 0.15) is 0 Å². The Balaban J connectivity index is 2.07. The number of thiophene rings is 2. The second-order valence-electron chi connectivity index (χ2n) is 3.80. The molecule has 0 aliphatic carbocycles. The first-order chi connectivity index (χ1) is 8.25. The number of nitrogens with two attached hydrogens (primary N) is 1. The van der Waals surface area contributed by atoms with Crippen LogP contribution in [0.2, 0.25) is 0 Å². The van der Waals surface area contributed by atoms with Gasteiger partial charge in [-0.3, -0.25) is 0 Å². The van der Waals surface area contributed by atoms with Crippen molar-refractivity contribution in [3.8, 4) is 0 Å². The van der Waals surface area contributed by atoms with Crippen molar-refractivity contribution in [3.63, 3.8) is 0 Å². The summed E-state index contributed by atoms with van der Waals surface area (Å²) in [6, 6.07) is 12.6. The van der Waals surface area contributed by atoms with Crippen molar-refractivity contribution < 1.29 is 0 Å². The first-order valence-corrected chi connectivity index (χ1v) is 7.71. The summed E-state index contributed by atoms with van der Waals surface area (Å²) in [6.45, 7) is 0. The van der Waals surface area contributed by atoms with Gasteiger partial charge in [0.15, 0.2) is 0 Å². The minimum atomic E-state index is -0.0261. The average Bonchev–Trinajstić information content (AvgIpc) is 2.93. The fourth-order valence-electron chi connectivity index (χ4n) is 1.81. The van der Waals surface area contributed by atoms with Gasteiger partial charge in [-0.05, 0) is 44.9 Å². The van der Waals surface area contributed by atoms with Crippen molar-refractivity contribution in [3.05, 3.63) is 56.0 Å². The lowest BCUT2D eigenvalue weighted by Crippen LogP contribution is -2.08. The van der Waals surface area contributed by atoms with E-state index in [4.69, 9.17) is 5.73 Å². The van der Waals surface area contributed by atoms with E-state index in [1.165, 1.54) is 19.8 Å². The van der Waals surface area contributed by atoms with Crippen molar-refractivity contribution in [1.29, 1.82) is 0 Å². The van der Waals surface area contributed by atoms with Gasteiger partial charge >= 0.3 is 0 Å². The third-order valence-corrected chi connectivity index (χ3v) is 5.83. The van der Waals surface area contributed by atoms with E-state index in [0.717, 1.165) is 4.47 Å². The summed E-state index contributed by atoms with van der Waals surface area (Å²) in [6.07, 6.45) is 0. The fraction of sp³-hybridized carbons (Fsp3) is 0.0769. The molecule has 3 aromatic rings. The molecule has 1 nitrogen and oxygen atoms in total. The highest BCUT2D eigenvalue weighted by Gasteiger charge is 2.15. The summed E-state index contributed by atoms with van der Waals surface area (Å²) in [7, 11) is 0. The Hall–Kier alpha value is -0.680. The average molecular weight is 324 g/mol. The molecule has 0 amide bonds. The van der Waals surface area contributed by atoms with Crippen LogP contribution >= 0.6 is 38.6 Å². The van der Waals surface area contributed by atoms with Gasteiger partial charge in [-0.1, -0.05) is 18.2 Å². The van der Waals surface area contributed by atoms with E-state index in [-0.39, 0.29) is 6.04 Å². The predicted octanol–water partition coefficient (Wildman–Crippen LogP) is 4.77. The van der Waals surface area contributed by atoms with E-state index in [9.17, 15) is 0 Å². The van der Waals surface area contributed by atoms with Gasteiger partial charge in [-0.25, -0.2) is 0 Å². The van der Waals surface area contributed by atoms with Crippen molar-refractivity contribution in [2.45, 2.75) is 6.04 Å². The molecule has 0 bridgehead atoms. The lowest BCUT2D eigenvalue weighted by Gasteiger charge is -2.07. The molecule has 0 spiro atoms. The highest BCUT2D eigenvalue weighted by atomic mass is 79.9. The van der Waals surface area contributed by atoms with Crippen LogP contribution in [0.15, 0.2) is 46.3 Å². The van der Waals surface area contributed by atoms with E-state index < -0.39 is 0 Å². The molecule has 1 aromatic carbocycles. The maximum atomic E-state index is 6.32. The van der Waals surface area contributed by atoms with Gasteiger partial charge < -0.3 is 5.73 Å². The fourth-order valence-corrected chi connectivity index (χ4v) is 4.60. The number of rotatable bonds is 2. The number of halogens is 1. The summed E-state index contributed by atoms with van der Waals surface area (Å²) in [4.78, 5) is 2.41. The second kappa shape index (κ2) is 4.53. The molecule has 0 aliphatic rings. The molecular weight excluding hydrogens is 314 g/mol. The number of benzene rings is 1. The molecule has 86 valence electrons. The highest BCUT2D eigenvalue weighted by molar-refractivity contribution is 9.10. The van der Waals surface area contributed by atoms with Crippen molar-refractivity contribution in [1.82, 2.24) is 0 Å². The lowest BCUT2D eigenvalue weighted by atomic mass is 10.2. The Kier molecular flexibility index (Phi) is 3.04. The highest BCUT2D eigenvalue weighted by Crippen LogP contribution is 2.36. The third kappa shape index (κ3) is 2.06. The van der Waals surface area contributed by atoms with Gasteiger partial charge in [0.05, 0.1) is 6.04 Å². The van der Waals surface area contributed by atoms with E-state index in [1.54, 1.807) is 22.7 Å². The van der Waals surface area contributed by atoms with Crippen LogP contribution in [-0.4, -0.2) is 0 Å². The van der Waals surface area contributed by atoms with Crippen LogP contribution in [0.4, 0.5) is 0 Å². The van der Waals surface area contributed by atoms with Gasteiger partial charge in [0.2, 0.25) is 0 Å². The molecule has 0 fully saturated rings. The Morgan fingerprint density at radius 3 is 2.71 bits per heavy atom. The monoisotopic (exact) mass is 323 g/mol. The zero-order valence-electron chi connectivity index (χ0n) is 8.89. The first kappa shape index (κ1) is 11.4. The Bertz CT molecular complexity index is 623. The zero-order chi connectivity index (χ0) is 11.8. The Labute approximate surface area is 116 Å². The summed E-state index contributed by atoms with van der Waals surface area (Å²) >= 11 is 7.01. The van der Waals surface area contributed by atoms with Crippen LogP contribution in [0.1, 0.15) is 15.8 Å². The lowest BCUT2D eigenvalue weighted by molar-refractivity contribution is 0.913. The SMILES string of the molecule is NC(c1cc2ccccc2s1)c1sccc1Br. The van der Waals surface area contributed by atoms with Crippen LogP contribution in [0.25, 0.3) is 10.1 Å². The van der Waals surface area contributed by atoms with Crippen LogP contribution in [-0.2, 0) is 0 Å². The molecule has 2 heterocycles. The summed E-state index contributed by atoms with van der Waals surface area (Å²) in [5.41, 5.74) is 6.32. The first-order valence-electron chi connectivity index (χ1n) is 5.22. The summed E-state index contributed by atoms with van der Waals surface area (Å²) in [5.74, 6) is 0. The molecule has 0 saturated heterocycles. The molecule has 17 heavy (non-hydrogen) atoms. The molecular formula is C13H10BrNS2. The molecule has 1 unspecified atom stereocenters. The minimum absolute atomic E-state index is 0.0261. The van der Waals surface area contributed by atoms with Gasteiger partial charge in [0, 0.05) is 18.9 Å². The Morgan fingerprint density at radius 1 is 1.18 bits per heavy atom. The summed E-state index contributed by atoms with van der Waals surface area (Å²) < 4.78 is 2.40. The molecule has 2 aromatic heterocycles. The normalized spacial score (nSPS) is 13.1. The van der Waals surface area contributed by atoms with E-state index in [0.29, 0.717) is 0 Å². The second-order valence-corrected chi connectivity index (χ2v) is 6.71. The largest absolute Gasteiger partial charge is 0.319 e. The maximum Gasteiger partial charge on any atom is 0.0751 e. The number of hydrogen-bond acceptors (Lipinski definition) is 3. The Morgan fingerprint density at radius 2 is 2.00 bits per heavy atom. The van der Waals surface area contributed by atoms with Gasteiger partial charge in [0.25, 0.3) is 0 Å². The number of hydrogen-bond donors (Lipinski definition) is 1. The van der Waals surface area contributed by atoms with Crippen molar-refractivity contribution >= 4 is 48.7 Å². The topological polar surface area (TPSA) is 26.0 Å². The van der Waals surface area contributed by atoms with Gasteiger partial charge in [-0.2, -0.15) is 0 Å². The third-order valence-electron chi connectivity index (χ3n) is 2.68. The van der Waals surface area contributed by atoms with Crippen LogP contribution in [0.3, 0.4) is 0 Å². The maximum absolute atomic E-state index is 6.32. The van der Waals surface area contributed by atoms with Crippen molar-refractivity contribution in [2.75, 3.05) is 0 Å². The standard InChI is InChI=1S/C13H10BrNS2/c14-9-5-6-16-13(9)12(15)11-7-8-3-1-2-4-10(8)17-11/h1-7,12H,15H2. The van der Waals surface area contributed by atoms with E-state index in [1.807, 2.05) is 6.07 Å². The molecule has 3 rings (SSSR count). The quantitative estimate of drug-likeness (QED) is 0.722. The predicted molar refractivity (Wildman–Crippen MR) is 79.9 cm³/mol. The molecule has 0 radical (unpaired) electrons. The molecule has 0 saturated carbocycles. The van der Waals surface area contributed by atoms with Crippen LogP contribution < -0.4 is 5.73 Å². The molecule has 0 aliphatic heterocycles. The van der Waals surface area contributed by atoms with Crippen molar-refractivity contribution in [2.24, 2.45) is 5.73 Å². The number of fused-ring (bicyclic) bond motifs is 1. The van der Waals surface area contributed by atoms with Gasteiger partial charge in [-0.15, -0.1) is 22.7 Å². The van der Waals surface area contributed by atoms with E-state index >= 15 is 0 Å². The minimum Gasteiger partial charge on any atom is -0.319 e.